The third-order valence-electron chi connectivity index (χ3n) is 6.61. The number of sulfonamides is 2. The van der Waals surface area contributed by atoms with Crippen LogP contribution in [-0.4, -0.2) is 54.3 Å². The zero-order valence-electron chi connectivity index (χ0n) is 21.5. The predicted octanol–water partition coefficient (Wildman–Crippen LogP) is 4.26. The second kappa shape index (κ2) is 11.1. The molecule has 3 aromatic rings. The number of piperidine rings is 1. The van der Waals surface area contributed by atoms with Gasteiger partial charge in [0, 0.05) is 31.4 Å². The zero-order valence-corrected chi connectivity index (χ0v) is 23.2. The van der Waals surface area contributed by atoms with E-state index in [0.29, 0.717) is 35.8 Å². The van der Waals surface area contributed by atoms with Crippen molar-refractivity contribution in [3.05, 3.63) is 77.9 Å². The summed E-state index contributed by atoms with van der Waals surface area (Å²) < 4.78 is 60.4. The van der Waals surface area contributed by atoms with Crippen LogP contribution in [0.4, 0.5) is 11.4 Å². The first-order chi connectivity index (χ1) is 18.1. The lowest BCUT2D eigenvalue weighted by atomic mass is 10.1. The molecule has 0 bridgehead atoms. The number of methoxy groups -OCH3 is 1. The minimum atomic E-state index is -3.92. The fourth-order valence-electron chi connectivity index (χ4n) is 4.30. The molecular weight excluding hydrogens is 526 g/mol. The Labute approximate surface area is 224 Å². The number of carbonyl (C=O) groups is 1. The van der Waals surface area contributed by atoms with Gasteiger partial charge in [-0.3, -0.25) is 9.10 Å². The molecule has 0 saturated carbocycles. The Balaban J connectivity index is 1.53. The maximum Gasteiger partial charge on any atom is 0.264 e. The van der Waals surface area contributed by atoms with E-state index >= 15 is 0 Å². The SMILES string of the molecule is COc1ccccc1N(C)S(=O)(=O)c1ccc(C(=O)Nc2cc(S(=O)(=O)N3CCCCC3)ccc2C)cc1. The fourth-order valence-corrected chi connectivity index (χ4v) is 7.05. The van der Waals surface area contributed by atoms with Gasteiger partial charge < -0.3 is 10.1 Å². The number of rotatable bonds is 8. The molecule has 11 heteroatoms. The summed E-state index contributed by atoms with van der Waals surface area (Å²) in [5.74, 6) is -0.0721. The van der Waals surface area contributed by atoms with E-state index in [4.69, 9.17) is 4.74 Å². The predicted molar refractivity (Wildman–Crippen MR) is 147 cm³/mol. The van der Waals surface area contributed by atoms with Crippen LogP contribution in [0, 0.1) is 6.92 Å². The van der Waals surface area contributed by atoms with Crippen LogP contribution in [0.2, 0.25) is 0 Å². The van der Waals surface area contributed by atoms with Crippen LogP contribution >= 0.6 is 0 Å². The highest BCUT2D eigenvalue weighted by atomic mass is 32.2. The lowest BCUT2D eigenvalue weighted by Crippen LogP contribution is -2.35. The van der Waals surface area contributed by atoms with Crippen molar-refractivity contribution in [1.29, 1.82) is 0 Å². The summed E-state index contributed by atoms with van der Waals surface area (Å²) in [6.45, 7) is 2.75. The van der Waals surface area contributed by atoms with Crippen LogP contribution in [0.5, 0.6) is 5.75 Å². The number of anilines is 2. The highest BCUT2D eigenvalue weighted by molar-refractivity contribution is 7.92. The molecule has 0 aromatic heterocycles. The molecule has 3 aromatic carbocycles. The van der Waals surface area contributed by atoms with Crippen LogP contribution in [-0.2, 0) is 20.0 Å². The van der Waals surface area contributed by atoms with E-state index in [2.05, 4.69) is 5.32 Å². The van der Waals surface area contributed by atoms with Crippen LogP contribution in [0.3, 0.4) is 0 Å². The smallest absolute Gasteiger partial charge is 0.264 e. The number of amides is 1. The first-order valence-corrected chi connectivity index (χ1v) is 15.1. The highest BCUT2D eigenvalue weighted by Crippen LogP contribution is 2.31. The molecule has 1 aliphatic heterocycles. The quantitative estimate of drug-likeness (QED) is 0.443. The van der Waals surface area contributed by atoms with Crippen LogP contribution in [0.1, 0.15) is 35.2 Å². The molecule has 1 amide bonds. The molecule has 1 heterocycles. The third kappa shape index (κ3) is 5.54. The Morgan fingerprint density at radius 3 is 2.18 bits per heavy atom. The lowest BCUT2D eigenvalue weighted by molar-refractivity contribution is 0.102. The van der Waals surface area contributed by atoms with Gasteiger partial charge in [-0.15, -0.1) is 0 Å². The molecule has 0 spiro atoms. The van der Waals surface area contributed by atoms with Crippen LogP contribution in [0.25, 0.3) is 0 Å². The van der Waals surface area contributed by atoms with Crippen molar-refractivity contribution in [1.82, 2.24) is 4.31 Å². The number of nitrogens with zero attached hydrogens (tertiary/aromatic N) is 2. The number of aryl methyl sites for hydroxylation is 1. The van der Waals surface area contributed by atoms with Gasteiger partial charge in [-0.05, 0) is 73.9 Å². The summed E-state index contributed by atoms with van der Waals surface area (Å²) in [6.07, 6.45) is 2.67. The van der Waals surface area contributed by atoms with Crippen LogP contribution < -0.4 is 14.4 Å². The van der Waals surface area contributed by atoms with Gasteiger partial charge in [0.1, 0.15) is 5.75 Å². The van der Waals surface area contributed by atoms with E-state index < -0.39 is 26.0 Å². The van der Waals surface area contributed by atoms with Crippen molar-refractivity contribution in [3.8, 4) is 5.75 Å². The Morgan fingerprint density at radius 1 is 0.895 bits per heavy atom. The Bertz CT molecular complexity index is 1530. The standard InChI is InChI=1S/C27H31N3O6S2/c1-20-11-14-23(38(34,35)30-17-7-4-8-18-30)19-24(20)28-27(31)21-12-15-22(16-13-21)37(32,33)29(2)25-9-5-6-10-26(25)36-3/h5-6,9-16,19H,4,7-8,17-18H2,1-3H3,(H,28,31). The van der Waals surface area contributed by atoms with Gasteiger partial charge in [0.25, 0.3) is 15.9 Å². The van der Waals surface area contributed by atoms with Gasteiger partial charge in [-0.2, -0.15) is 4.31 Å². The molecule has 0 unspecified atom stereocenters. The number of ether oxygens (including phenoxy) is 1. The minimum absolute atomic E-state index is 0.00765. The molecule has 1 fully saturated rings. The van der Waals surface area contributed by atoms with Gasteiger partial charge in [0.05, 0.1) is 22.6 Å². The number of hydrogen-bond donors (Lipinski definition) is 1. The Morgan fingerprint density at radius 2 is 1.53 bits per heavy atom. The van der Waals surface area contributed by atoms with Gasteiger partial charge in [-0.25, -0.2) is 16.8 Å². The Hall–Kier alpha value is -3.41. The molecule has 9 nitrogen and oxygen atoms in total. The first-order valence-electron chi connectivity index (χ1n) is 12.2. The number of carbonyl (C=O) groups excluding carboxylic acids is 1. The lowest BCUT2D eigenvalue weighted by Gasteiger charge is -2.26. The maximum atomic E-state index is 13.2. The fraction of sp³-hybridized carbons (Fsp3) is 0.296. The van der Waals surface area contributed by atoms with Crippen molar-refractivity contribution < 1.29 is 26.4 Å². The molecule has 202 valence electrons. The number of hydrogen-bond acceptors (Lipinski definition) is 6. The summed E-state index contributed by atoms with van der Waals surface area (Å²) in [5, 5.41) is 2.77. The van der Waals surface area contributed by atoms with Crippen molar-refractivity contribution >= 4 is 37.3 Å². The van der Waals surface area contributed by atoms with Gasteiger partial charge >= 0.3 is 0 Å². The van der Waals surface area contributed by atoms with Crippen LogP contribution in [0.15, 0.2) is 76.5 Å². The molecule has 4 rings (SSSR count). The third-order valence-corrected chi connectivity index (χ3v) is 10.3. The zero-order chi connectivity index (χ0) is 27.5. The number of benzene rings is 3. The average molecular weight is 558 g/mol. The summed E-state index contributed by atoms with van der Waals surface area (Å²) in [5.41, 5.74) is 1.69. The number of nitrogens with one attached hydrogen (secondary N) is 1. The van der Waals surface area contributed by atoms with Crippen molar-refractivity contribution in [2.75, 3.05) is 36.9 Å². The largest absolute Gasteiger partial charge is 0.495 e. The van der Waals surface area contributed by atoms with E-state index in [0.717, 1.165) is 23.6 Å². The maximum absolute atomic E-state index is 13.2. The molecule has 1 saturated heterocycles. The topological polar surface area (TPSA) is 113 Å². The second-order valence-electron chi connectivity index (χ2n) is 9.06. The van der Waals surface area contributed by atoms with E-state index in [9.17, 15) is 21.6 Å². The summed E-state index contributed by atoms with van der Waals surface area (Å²) >= 11 is 0. The number of para-hydroxylation sites is 2. The monoisotopic (exact) mass is 557 g/mol. The molecule has 0 atom stereocenters. The van der Waals surface area contributed by atoms with E-state index in [1.54, 1.807) is 43.3 Å². The molecule has 0 aliphatic carbocycles. The van der Waals surface area contributed by atoms with Gasteiger partial charge in [0.15, 0.2) is 0 Å². The molecule has 38 heavy (non-hydrogen) atoms. The van der Waals surface area contributed by atoms with Gasteiger partial charge in [0.2, 0.25) is 10.0 Å². The van der Waals surface area contributed by atoms with Crippen molar-refractivity contribution in [3.63, 3.8) is 0 Å². The van der Waals surface area contributed by atoms with Crippen molar-refractivity contribution in [2.24, 2.45) is 0 Å². The van der Waals surface area contributed by atoms with E-state index in [1.165, 1.54) is 48.8 Å². The summed E-state index contributed by atoms with van der Waals surface area (Å²) in [6, 6.07) is 17.0. The molecular formula is C27H31N3O6S2. The molecule has 1 N–H and O–H groups in total. The van der Waals surface area contributed by atoms with E-state index in [1.807, 2.05) is 0 Å². The molecule has 0 radical (unpaired) electrons. The summed E-state index contributed by atoms with van der Waals surface area (Å²) in [4.78, 5) is 13.1. The normalized spacial score (nSPS) is 14.6. The molecule has 1 aliphatic rings. The van der Waals surface area contributed by atoms with Gasteiger partial charge in [-0.1, -0.05) is 24.6 Å². The minimum Gasteiger partial charge on any atom is -0.495 e. The van der Waals surface area contributed by atoms with Crippen molar-refractivity contribution in [2.45, 2.75) is 36.0 Å². The van der Waals surface area contributed by atoms with E-state index in [-0.39, 0.29) is 15.4 Å². The summed E-state index contributed by atoms with van der Waals surface area (Å²) in [7, 11) is -4.68. The second-order valence-corrected chi connectivity index (χ2v) is 13.0. The Kier molecular flexibility index (Phi) is 8.10. The average Bonchev–Trinajstić information content (AvgIpc) is 2.94. The highest BCUT2D eigenvalue weighted by Gasteiger charge is 2.27. The first kappa shape index (κ1) is 27.6.